The monoisotopic (exact) mass is 227 g/mol. The average Bonchev–Trinajstić information content (AvgIpc) is 2.74. The number of aliphatic hydroxyl groups excluding tert-OH is 1. The highest BCUT2D eigenvalue weighted by Gasteiger charge is 2.14. The number of nitrogens with two attached hydrogens (primary N) is 1. The Labute approximate surface area is 97.5 Å². The van der Waals surface area contributed by atoms with Crippen LogP contribution in [0.25, 0.3) is 21.9 Å². The number of nitrogens with zero attached hydrogens (tertiary/aromatic N) is 3. The molecule has 0 atom stereocenters. The summed E-state index contributed by atoms with van der Waals surface area (Å²) in [5.74, 6) is 0.374. The van der Waals surface area contributed by atoms with Gasteiger partial charge in [-0.15, -0.1) is 0 Å². The number of nitrogen functional groups attached to an aromatic ring is 1. The second-order valence-electron chi connectivity index (χ2n) is 3.87. The van der Waals surface area contributed by atoms with Crippen LogP contribution in [0, 0.1) is 6.23 Å². The lowest BCUT2D eigenvalue weighted by Crippen LogP contribution is -2.03. The SMILES string of the molecule is C[C](O)n1cnc2c(N)nc3ccccc3c21. The standard InChI is InChI=1S/C12H11N4O/c1-7(17)16-6-14-10-11(16)8-4-2-3-5-9(8)15-12(10)13/h2-6,17H,1H3,(H2,13,15). The number of fused-ring (bicyclic) bond motifs is 3. The third-order valence-corrected chi connectivity index (χ3v) is 2.76. The molecule has 3 N–H and O–H groups in total. The highest BCUT2D eigenvalue weighted by molar-refractivity contribution is 6.06. The Morgan fingerprint density at radius 2 is 2.12 bits per heavy atom. The van der Waals surface area contributed by atoms with Crippen molar-refractivity contribution in [2.24, 2.45) is 0 Å². The predicted octanol–water partition coefficient (Wildman–Crippen LogP) is 1.90. The number of para-hydroxylation sites is 1. The summed E-state index contributed by atoms with van der Waals surface area (Å²) in [6.07, 6.45) is 1.70. The number of imidazole rings is 1. The van der Waals surface area contributed by atoms with Gasteiger partial charge in [0.1, 0.15) is 5.52 Å². The first kappa shape index (κ1) is 10.0. The van der Waals surface area contributed by atoms with Gasteiger partial charge in [-0.25, -0.2) is 9.97 Å². The second-order valence-corrected chi connectivity index (χ2v) is 3.87. The van der Waals surface area contributed by atoms with Crippen LogP contribution < -0.4 is 5.73 Å². The topological polar surface area (TPSA) is 77.0 Å². The number of aromatic nitrogens is 3. The molecule has 0 saturated heterocycles. The molecule has 0 amide bonds. The number of rotatable bonds is 1. The molecule has 0 bridgehead atoms. The molecule has 0 aliphatic heterocycles. The van der Waals surface area contributed by atoms with Crippen LogP contribution in [0.2, 0.25) is 0 Å². The largest absolute Gasteiger partial charge is 0.382 e. The van der Waals surface area contributed by atoms with Crippen LogP contribution in [-0.2, 0) is 0 Å². The maximum atomic E-state index is 9.64. The summed E-state index contributed by atoms with van der Waals surface area (Å²) in [6.45, 7) is 1.60. The van der Waals surface area contributed by atoms with Crippen molar-refractivity contribution in [3.8, 4) is 0 Å². The molecule has 0 unspecified atom stereocenters. The van der Waals surface area contributed by atoms with E-state index in [0.29, 0.717) is 11.3 Å². The molecule has 17 heavy (non-hydrogen) atoms. The Morgan fingerprint density at radius 3 is 2.88 bits per heavy atom. The first-order valence-corrected chi connectivity index (χ1v) is 5.22. The van der Waals surface area contributed by atoms with Gasteiger partial charge in [0.15, 0.2) is 12.0 Å². The number of hydrogen-bond acceptors (Lipinski definition) is 4. The van der Waals surface area contributed by atoms with Crippen LogP contribution in [0.15, 0.2) is 30.6 Å². The number of aliphatic hydroxyl groups is 1. The van der Waals surface area contributed by atoms with Gasteiger partial charge in [-0.2, -0.15) is 0 Å². The molecule has 0 saturated carbocycles. The Morgan fingerprint density at radius 1 is 1.35 bits per heavy atom. The summed E-state index contributed by atoms with van der Waals surface area (Å²) < 4.78 is 1.61. The van der Waals surface area contributed by atoms with E-state index in [-0.39, 0.29) is 6.23 Å². The number of hydrogen-bond donors (Lipinski definition) is 2. The number of anilines is 1. The van der Waals surface area contributed by atoms with E-state index in [4.69, 9.17) is 5.73 Å². The summed E-state index contributed by atoms with van der Waals surface area (Å²) >= 11 is 0. The normalized spacial score (nSPS) is 11.7. The van der Waals surface area contributed by atoms with Crippen molar-refractivity contribution in [1.82, 2.24) is 14.5 Å². The fourth-order valence-corrected chi connectivity index (χ4v) is 1.99. The van der Waals surface area contributed by atoms with Crippen LogP contribution in [-0.4, -0.2) is 19.6 Å². The van der Waals surface area contributed by atoms with E-state index in [1.165, 1.54) is 0 Å². The second kappa shape index (κ2) is 3.43. The van der Waals surface area contributed by atoms with E-state index in [0.717, 1.165) is 16.4 Å². The van der Waals surface area contributed by atoms with Crippen molar-refractivity contribution in [2.75, 3.05) is 5.73 Å². The van der Waals surface area contributed by atoms with Gasteiger partial charge < -0.3 is 10.8 Å². The molecule has 0 fully saturated rings. The summed E-state index contributed by atoms with van der Waals surface area (Å²) in [4.78, 5) is 8.47. The molecule has 1 radical (unpaired) electrons. The van der Waals surface area contributed by atoms with E-state index in [1.807, 2.05) is 24.3 Å². The molecular weight excluding hydrogens is 216 g/mol. The summed E-state index contributed by atoms with van der Waals surface area (Å²) in [5, 5.41) is 10.6. The van der Waals surface area contributed by atoms with Crippen molar-refractivity contribution >= 4 is 27.8 Å². The number of benzene rings is 1. The Hall–Kier alpha value is -2.14. The van der Waals surface area contributed by atoms with Crippen LogP contribution in [0.5, 0.6) is 0 Å². The first-order valence-electron chi connectivity index (χ1n) is 5.22. The molecular formula is C12H11N4O. The number of pyridine rings is 1. The van der Waals surface area contributed by atoms with Crippen LogP contribution >= 0.6 is 0 Å². The molecule has 0 spiro atoms. The summed E-state index contributed by atoms with van der Waals surface area (Å²) in [5.41, 5.74) is 8.04. The fraction of sp³-hybridized carbons (Fsp3) is 0.0833. The van der Waals surface area contributed by atoms with Crippen molar-refractivity contribution in [3.63, 3.8) is 0 Å². The van der Waals surface area contributed by atoms with Crippen LogP contribution in [0.4, 0.5) is 5.82 Å². The average molecular weight is 227 g/mol. The zero-order chi connectivity index (χ0) is 12.0. The highest BCUT2D eigenvalue weighted by Crippen LogP contribution is 2.28. The van der Waals surface area contributed by atoms with E-state index >= 15 is 0 Å². The van der Waals surface area contributed by atoms with Gasteiger partial charge in [0.2, 0.25) is 0 Å². The molecule has 1 aromatic carbocycles. The predicted molar refractivity (Wildman–Crippen MR) is 65.7 cm³/mol. The van der Waals surface area contributed by atoms with Crippen LogP contribution in [0.1, 0.15) is 6.92 Å². The molecule has 0 aliphatic rings. The molecule has 3 rings (SSSR count). The van der Waals surface area contributed by atoms with Gasteiger partial charge in [-0.1, -0.05) is 18.2 Å². The lowest BCUT2D eigenvalue weighted by atomic mass is 10.2. The van der Waals surface area contributed by atoms with Gasteiger partial charge in [0, 0.05) is 5.39 Å². The maximum Gasteiger partial charge on any atom is 0.189 e. The Bertz CT molecular complexity index is 702. The van der Waals surface area contributed by atoms with Crippen LogP contribution in [0.3, 0.4) is 0 Å². The zero-order valence-electron chi connectivity index (χ0n) is 9.25. The van der Waals surface area contributed by atoms with E-state index in [2.05, 4.69) is 9.97 Å². The first-order chi connectivity index (χ1) is 8.18. The van der Waals surface area contributed by atoms with Gasteiger partial charge in [0.05, 0.1) is 17.4 Å². The molecule has 85 valence electrons. The Balaban J connectivity index is 2.56. The molecule has 5 heteroatoms. The van der Waals surface area contributed by atoms with Crippen molar-refractivity contribution < 1.29 is 5.11 Å². The summed E-state index contributed by atoms with van der Waals surface area (Å²) in [7, 11) is 0. The van der Waals surface area contributed by atoms with E-state index < -0.39 is 0 Å². The minimum atomic E-state index is 0.156. The van der Waals surface area contributed by atoms with E-state index in [1.54, 1.807) is 17.8 Å². The molecule has 5 nitrogen and oxygen atoms in total. The lowest BCUT2D eigenvalue weighted by molar-refractivity contribution is 0.283. The van der Waals surface area contributed by atoms with Crippen molar-refractivity contribution in [3.05, 3.63) is 36.8 Å². The smallest absolute Gasteiger partial charge is 0.189 e. The van der Waals surface area contributed by atoms with Gasteiger partial charge >= 0.3 is 0 Å². The Kier molecular flexibility index (Phi) is 2.02. The third-order valence-electron chi connectivity index (χ3n) is 2.76. The zero-order valence-corrected chi connectivity index (χ0v) is 9.25. The van der Waals surface area contributed by atoms with E-state index in [9.17, 15) is 5.11 Å². The minimum Gasteiger partial charge on any atom is -0.382 e. The quantitative estimate of drug-likeness (QED) is 0.665. The third kappa shape index (κ3) is 1.36. The molecule has 3 aromatic rings. The van der Waals surface area contributed by atoms with Crippen molar-refractivity contribution in [2.45, 2.75) is 6.92 Å². The van der Waals surface area contributed by atoms with Gasteiger partial charge in [0.25, 0.3) is 0 Å². The highest BCUT2D eigenvalue weighted by atomic mass is 16.3. The molecule has 2 aromatic heterocycles. The van der Waals surface area contributed by atoms with Crippen molar-refractivity contribution in [1.29, 1.82) is 0 Å². The van der Waals surface area contributed by atoms with Gasteiger partial charge in [-0.05, 0) is 13.0 Å². The molecule has 2 heterocycles. The fourth-order valence-electron chi connectivity index (χ4n) is 1.99. The summed E-state index contributed by atoms with van der Waals surface area (Å²) in [6, 6.07) is 7.64. The lowest BCUT2D eigenvalue weighted by Gasteiger charge is -2.08. The maximum absolute atomic E-state index is 9.64. The van der Waals surface area contributed by atoms with Gasteiger partial charge in [-0.3, -0.25) is 4.57 Å². The molecule has 0 aliphatic carbocycles. The minimum absolute atomic E-state index is 0.156.